The molecule has 0 radical (unpaired) electrons. The summed E-state index contributed by atoms with van der Waals surface area (Å²) < 4.78 is 32.3. The van der Waals surface area contributed by atoms with Gasteiger partial charge in [-0.05, 0) is 19.1 Å². The van der Waals surface area contributed by atoms with Crippen molar-refractivity contribution in [3.05, 3.63) is 41.7 Å². The summed E-state index contributed by atoms with van der Waals surface area (Å²) in [7, 11) is -3.00. The summed E-state index contributed by atoms with van der Waals surface area (Å²) in [6, 6.07) is 5.91. The Morgan fingerprint density at radius 2 is 1.79 bits per heavy atom. The molecule has 1 aromatic rings. The standard InChI is InChI=1S/C12H12O6S/c1-9-3-5-11(6-4-9)19(15,16)18-8-10(7-13)12(14)17-2/h3-8H,1-2H3/b10-8+. The molecular formula is C12H12O6S. The molecule has 0 atom stereocenters. The quantitative estimate of drug-likeness (QED) is 0.152. The first-order valence-corrected chi connectivity index (χ1v) is 6.55. The van der Waals surface area contributed by atoms with Gasteiger partial charge in [0.2, 0.25) is 0 Å². The maximum Gasteiger partial charge on any atom is 0.344 e. The van der Waals surface area contributed by atoms with Gasteiger partial charge in [-0.25, -0.2) is 4.79 Å². The van der Waals surface area contributed by atoms with Crippen LogP contribution in [-0.2, 0) is 28.6 Å². The van der Waals surface area contributed by atoms with Crippen molar-refractivity contribution in [2.24, 2.45) is 0 Å². The van der Waals surface area contributed by atoms with Crippen LogP contribution in [0.4, 0.5) is 0 Å². The van der Waals surface area contributed by atoms with Gasteiger partial charge in [0.15, 0.2) is 6.29 Å². The third kappa shape index (κ3) is 3.92. The molecule has 0 aromatic heterocycles. The molecule has 0 aliphatic heterocycles. The van der Waals surface area contributed by atoms with Gasteiger partial charge in [-0.1, -0.05) is 17.7 Å². The summed E-state index contributed by atoms with van der Waals surface area (Å²) in [5, 5.41) is 0. The van der Waals surface area contributed by atoms with E-state index in [2.05, 4.69) is 8.92 Å². The van der Waals surface area contributed by atoms with Gasteiger partial charge in [0.05, 0.1) is 7.11 Å². The molecule has 1 aromatic carbocycles. The highest BCUT2D eigenvalue weighted by atomic mass is 32.2. The smallest absolute Gasteiger partial charge is 0.344 e. The molecule has 0 aliphatic rings. The van der Waals surface area contributed by atoms with Crippen molar-refractivity contribution >= 4 is 22.4 Å². The van der Waals surface area contributed by atoms with Gasteiger partial charge in [0.25, 0.3) is 0 Å². The van der Waals surface area contributed by atoms with Crippen LogP contribution in [0.25, 0.3) is 0 Å². The third-order valence-corrected chi connectivity index (χ3v) is 3.36. The van der Waals surface area contributed by atoms with Gasteiger partial charge in [-0.3, -0.25) is 4.79 Å². The van der Waals surface area contributed by atoms with E-state index in [4.69, 9.17) is 0 Å². The molecule has 0 unspecified atom stereocenters. The molecule has 19 heavy (non-hydrogen) atoms. The van der Waals surface area contributed by atoms with Crippen molar-refractivity contribution in [1.29, 1.82) is 0 Å². The fraction of sp³-hybridized carbons (Fsp3) is 0.167. The Kier molecular flexibility index (Phi) is 4.82. The Morgan fingerprint density at radius 3 is 2.26 bits per heavy atom. The van der Waals surface area contributed by atoms with Gasteiger partial charge >= 0.3 is 16.1 Å². The largest absolute Gasteiger partial charge is 0.465 e. The van der Waals surface area contributed by atoms with E-state index in [0.717, 1.165) is 12.7 Å². The van der Waals surface area contributed by atoms with Gasteiger partial charge in [0.1, 0.15) is 16.7 Å². The number of ether oxygens (including phenoxy) is 1. The minimum Gasteiger partial charge on any atom is -0.465 e. The summed E-state index contributed by atoms with van der Waals surface area (Å²) in [4.78, 5) is 21.5. The fourth-order valence-corrected chi connectivity index (χ4v) is 1.93. The Bertz CT molecular complexity index is 598. The Balaban J connectivity index is 2.97. The second kappa shape index (κ2) is 6.14. The monoisotopic (exact) mass is 284 g/mol. The van der Waals surface area contributed by atoms with Crippen LogP contribution in [0.1, 0.15) is 5.56 Å². The average molecular weight is 284 g/mol. The number of benzene rings is 1. The Labute approximate surface area is 110 Å². The third-order valence-electron chi connectivity index (χ3n) is 2.16. The van der Waals surface area contributed by atoms with E-state index in [1.54, 1.807) is 19.1 Å². The zero-order chi connectivity index (χ0) is 14.5. The van der Waals surface area contributed by atoms with Crippen molar-refractivity contribution < 1.29 is 26.9 Å². The van der Waals surface area contributed by atoms with E-state index in [1.165, 1.54) is 12.1 Å². The van der Waals surface area contributed by atoms with Crippen LogP contribution < -0.4 is 0 Å². The molecule has 0 heterocycles. The number of rotatable bonds is 5. The molecule has 0 saturated carbocycles. The maximum absolute atomic E-state index is 11.7. The van der Waals surface area contributed by atoms with Crippen LogP contribution in [0, 0.1) is 6.92 Å². The lowest BCUT2D eigenvalue weighted by Gasteiger charge is -2.04. The first kappa shape index (κ1) is 14.9. The lowest BCUT2D eigenvalue weighted by atomic mass is 10.2. The second-order valence-electron chi connectivity index (χ2n) is 3.55. The van der Waals surface area contributed by atoms with Crippen molar-refractivity contribution in [2.45, 2.75) is 11.8 Å². The zero-order valence-electron chi connectivity index (χ0n) is 10.3. The fourth-order valence-electron chi connectivity index (χ4n) is 1.12. The van der Waals surface area contributed by atoms with Crippen LogP contribution in [-0.4, -0.2) is 27.8 Å². The lowest BCUT2D eigenvalue weighted by molar-refractivity contribution is -0.136. The molecule has 0 N–H and O–H groups in total. The van der Waals surface area contributed by atoms with E-state index in [-0.39, 0.29) is 11.2 Å². The summed E-state index contributed by atoms with van der Waals surface area (Å²) in [6.07, 6.45) is 0.699. The lowest BCUT2D eigenvalue weighted by Crippen LogP contribution is -2.09. The molecule has 0 amide bonds. The minimum atomic E-state index is -4.07. The van der Waals surface area contributed by atoms with Gasteiger partial charge in [0, 0.05) is 0 Å². The highest BCUT2D eigenvalue weighted by Gasteiger charge is 2.16. The number of methoxy groups -OCH3 is 1. The zero-order valence-corrected chi connectivity index (χ0v) is 11.1. The number of aldehydes is 1. The summed E-state index contributed by atoms with van der Waals surface area (Å²) in [5.74, 6) is -0.978. The van der Waals surface area contributed by atoms with Crippen molar-refractivity contribution in [2.75, 3.05) is 7.11 Å². The Hall–Kier alpha value is -2.15. The summed E-state index contributed by atoms with van der Waals surface area (Å²) in [5.41, 5.74) is 0.357. The van der Waals surface area contributed by atoms with Gasteiger partial charge < -0.3 is 8.92 Å². The summed E-state index contributed by atoms with van der Waals surface area (Å²) in [6.45, 7) is 1.80. The number of hydrogen-bond acceptors (Lipinski definition) is 6. The molecule has 1 rings (SSSR count). The molecule has 0 aliphatic carbocycles. The van der Waals surface area contributed by atoms with E-state index in [0.29, 0.717) is 6.26 Å². The first-order valence-electron chi connectivity index (χ1n) is 5.14. The molecule has 7 heteroatoms. The van der Waals surface area contributed by atoms with Crippen LogP contribution in [0.5, 0.6) is 0 Å². The molecule has 0 saturated heterocycles. The second-order valence-corrected chi connectivity index (χ2v) is 5.12. The molecule has 0 spiro atoms. The van der Waals surface area contributed by atoms with Crippen LogP contribution in [0.15, 0.2) is 41.0 Å². The Morgan fingerprint density at radius 1 is 1.21 bits per heavy atom. The maximum atomic E-state index is 11.7. The molecule has 0 fully saturated rings. The molecular weight excluding hydrogens is 272 g/mol. The molecule has 6 nitrogen and oxygen atoms in total. The van der Waals surface area contributed by atoms with Crippen LogP contribution >= 0.6 is 0 Å². The van der Waals surface area contributed by atoms with Crippen molar-refractivity contribution in [1.82, 2.24) is 0 Å². The van der Waals surface area contributed by atoms with E-state index in [1.807, 2.05) is 0 Å². The number of hydrogen-bond donors (Lipinski definition) is 0. The van der Waals surface area contributed by atoms with Crippen LogP contribution in [0.2, 0.25) is 0 Å². The van der Waals surface area contributed by atoms with Gasteiger partial charge in [-0.15, -0.1) is 0 Å². The minimum absolute atomic E-state index is 0.0792. The highest BCUT2D eigenvalue weighted by molar-refractivity contribution is 7.86. The summed E-state index contributed by atoms with van der Waals surface area (Å²) >= 11 is 0. The number of esters is 1. The average Bonchev–Trinajstić information content (AvgIpc) is 2.39. The molecule has 0 bridgehead atoms. The normalized spacial score (nSPS) is 11.8. The topological polar surface area (TPSA) is 86.7 Å². The van der Waals surface area contributed by atoms with Gasteiger partial charge in [-0.2, -0.15) is 8.42 Å². The SMILES string of the molecule is COC(=O)/C(C=O)=C/OS(=O)(=O)c1ccc(C)cc1. The van der Waals surface area contributed by atoms with Crippen LogP contribution in [0.3, 0.4) is 0 Å². The van der Waals surface area contributed by atoms with E-state index < -0.39 is 21.7 Å². The number of aryl methyl sites for hydroxylation is 1. The van der Waals surface area contributed by atoms with E-state index >= 15 is 0 Å². The molecule has 102 valence electrons. The van der Waals surface area contributed by atoms with Crippen molar-refractivity contribution in [3.63, 3.8) is 0 Å². The highest BCUT2D eigenvalue weighted by Crippen LogP contribution is 2.14. The van der Waals surface area contributed by atoms with E-state index in [9.17, 15) is 18.0 Å². The number of carbonyl (C=O) groups is 2. The first-order chi connectivity index (χ1) is 8.90. The van der Waals surface area contributed by atoms with Crippen molar-refractivity contribution in [3.8, 4) is 0 Å². The number of carbonyl (C=O) groups excluding carboxylic acids is 2. The predicted molar refractivity (Wildman–Crippen MR) is 65.6 cm³/mol. The predicted octanol–water partition coefficient (Wildman–Crippen LogP) is 0.956.